The van der Waals surface area contributed by atoms with Crippen LogP contribution in [0.5, 0.6) is 0 Å². The Balaban J connectivity index is 0.000000845. The van der Waals surface area contributed by atoms with Gasteiger partial charge in [-0.05, 0) is 17.7 Å². The largest absolute Gasteiger partial charge is 0.399 e. The molecule has 1 aromatic carbocycles. The third kappa shape index (κ3) is 2.73. The minimum absolute atomic E-state index is 0. The lowest BCUT2D eigenvalue weighted by atomic mass is 10.2. The number of rotatable bonds is 1. The molecule has 0 atom stereocenters. The second kappa shape index (κ2) is 5.03. The van der Waals surface area contributed by atoms with Crippen molar-refractivity contribution >= 4 is 41.6 Å². The Morgan fingerprint density at radius 2 is 1.62 bits per heavy atom. The van der Waals surface area contributed by atoms with Gasteiger partial charge in [-0.1, -0.05) is 12.1 Å². The molecule has 1 fully saturated rings. The Hall–Kier alpha value is 0.01000. The van der Waals surface area contributed by atoms with Gasteiger partial charge in [-0.2, -0.15) is 0 Å². The number of benzene rings is 1. The lowest BCUT2D eigenvalue weighted by Gasteiger charge is -2.07. The topological polar surface area (TPSA) is 26.0 Å². The van der Waals surface area contributed by atoms with Crippen LogP contribution in [0.2, 0.25) is 0 Å². The highest BCUT2D eigenvalue weighted by Gasteiger charge is 2.17. The number of thioether (sulfide) groups is 2. The molecule has 2 N–H and O–H groups in total. The third-order valence-corrected chi connectivity index (χ3v) is 4.93. The normalized spacial score (nSPS) is 16.9. The van der Waals surface area contributed by atoms with Gasteiger partial charge in [0.05, 0.1) is 4.58 Å². The van der Waals surface area contributed by atoms with E-state index in [1.807, 2.05) is 35.7 Å². The first-order valence-electron chi connectivity index (χ1n) is 3.95. The molecule has 4 heteroatoms. The standard InChI is InChI=1S/C9H11NS2.ClH/c10-8-3-1-7(2-4-8)9-11-5-6-12-9;/h1-4,9H,5-6,10H2;1H. The van der Waals surface area contributed by atoms with Crippen molar-refractivity contribution in [2.45, 2.75) is 4.58 Å². The van der Waals surface area contributed by atoms with E-state index in [0.29, 0.717) is 4.58 Å². The van der Waals surface area contributed by atoms with E-state index < -0.39 is 0 Å². The summed E-state index contributed by atoms with van der Waals surface area (Å²) >= 11 is 4.05. The zero-order valence-electron chi connectivity index (χ0n) is 7.10. The molecule has 0 bridgehead atoms. The van der Waals surface area contributed by atoms with Crippen LogP contribution in [0.15, 0.2) is 24.3 Å². The van der Waals surface area contributed by atoms with Crippen molar-refractivity contribution in [2.75, 3.05) is 17.2 Å². The molecule has 0 spiro atoms. The fourth-order valence-electron chi connectivity index (χ4n) is 1.20. The average molecular weight is 234 g/mol. The summed E-state index contributed by atoms with van der Waals surface area (Å²) in [5, 5.41) is 0. The fraction of sp³-hybridized carbons (Fsp3) is 0.333. The van der Waals surface area contributed by atoms with Crippen molar-refractivity contribution < 1.29 is 0 Å². The molecule has 1 heterocycles. The van der Waals surface area contributed by atoms with Gasteiger partial charge in [-0.15, -0.1) is 35.9 Å². The summed E-state index contributed by atoms with van der Waals surface area (Å²) in [5.41, 5.74) is 7.86. The minimum atomic E-state index is 0. The molecular formula is C9H12ClNS2. The van der Waals surface area contributed by atoms with Crippen molar-refractivity contribution in [1.82, 2.24) is 0 Å². The molecule has 0 unspecified atom stereocenters. The summed E-state index contributed by atoms with van der Waals surface area (Å²) in [5.74, 6) is 2.55. The van der Waals surface area contributed by atoms with Crippen molar-refractivity contribution in [1.29, 1.82) is 0 Å². The van der Waals surface area contributed by atoms with Gasteiger partial charge in [0.2, 0.25) is 0 Å². The van der Waals surface area contributed by atoms with Gasteiger partial charge in [0.15, 0.2) is 0 Å². The summed E-state index contributed by atoms with van der Waals surface area (Å²) in [7, 11) is 0. The molecular weight excluding hydrogens is 222 g/mol. The maximum Gasteiger partial charge on any atom is 0.0751 e. The molecule has 0 aromatic heterocycles. The van der Waals surface area contributed by atoms with Gasteiger partial charge >= 0.3 is 0 Å². The van der Waals surface area contributed by atoms with Crippen molar-refractivity contribution in [2.24, 2.45) is 0 Å². The predicted octanol–water partition coefficient (Wildman–Crippen LogP) is 3.17. The molecule has 1 saturated heterocycles. The smallest absolute Gasteiger partial charge is 0.0751 e. The van der Waals surface area contributed by atoms with E-state index in [9.17, 15) is 0 Å². The minimum Gasteiger partial charge on any atom is -0.399 e. The molecule has 0 radical (unpaired) electrons. The summed E-state index contributed by atoms with van der Waals surface area (Å²) in [6.07, 6.45) is 0. The Morgan fingerprint density at radius 1 is 1.08 bits per heavy atom. The van der Waals surface area contributed by atoms with E-state index in [1.54, 1.807) is 0 Å². The van der Waals surface area contributed by atoms with Crippen LogP contribution >= 0.6 is 35.9 Å². The van der Waals surface area contributed by atoms with E-state index in [-0.39, 0.29) is 12.4 Å². The average Bonchev–Trinajstić information content (AvgIpc) is 2.58. The summed E-state index contributed by atoms with van der Waals surface area (Å²) in [4.78, 5) is 0. The van der Waals surface area contributed by atoms with Crippen LogP contribution < -0.4 is 5.73 Å². The highest BCUT2D eigenvalue weighted by molar-refractivity contribution is 8.19. The molecule has 13 heavy (non-hydrogen) atoms. The number of nitrogens with two attached hydrogens (primary N) is 1. The highest BCUT2D eigenvalue weighted by Crippen LogP contribution is 2.45. The van der Waals surface area contributed by atoms with Gasteiger partial charge in [0, 0.05) is 17.2 Å². The molecule has 72 valence electrons. The first-order chi connectivity index (χ1) is 5.86. The first kappa shape index (κ1) is 11.1. The fourth-order valence-corrected chi connectivity index (χ4v) is 4.06. The van der Waals surface area contributed by atoms with Gasteiger partial charge < -0.3 is 5.73 Å². The quantitative estimate of drug-likeness (QED) is 0.755. The number of halogens is 1. The van der Waals surface area contributed by atoms with Gasteiger partial charge in [0.1, 0.15) is 0 Å². The number of hydrogen-bond acceptors (Lipinski definition) is 3. The summed E-state index contributed by atoms with van der Waals surface area (Å²) in [6, 6.07) is 8.22. The molecule has 0 aliphatic carbocycles. The van der Waals surface area contributed by atoms with E-state index in [1.165, 1.54) is 17.1 Å². The van der Waals surface area contributed by atoms with Crippen LogP contribution in [0.1, 0.15) is 10.1 Å². The predicted molar refractivity (Wildman–Crippen MR) is 65.8 cm³/mol. The van der Waals surface area contributed by atoms with Crippen LogP contribution in [0.25, 0.3) is 0 Å². The second-order valence-electron chi connectivity index (χ2n) is 2.74. The van der Waals surface area contributed by atoms with Crippen LogP contribution in [0.3, 0.4) is 0 Å². The molecule has 1 nitrogen and oxygen atoms in total. The van der Waals surface area contributed by atoms with E-state index in [0.717, 1.165) is 5.69 Å². The van der Waals surface area contributed by atoms with Crippen molar-refractivity contribution in [3.05, 3.63) is 29.8 Å². The molecule has 0 amide bonds. The first-order valence-corrected chi connectivity index (χ1v) is 6.04. The molecule has 1 aliphatic rings. The SMILES string of the molecule is Cl.Nc1ccc(C2SCCS2)cc1. The number of nitrogen functional groups attached to an aromatic ring is 1. The Bertz CT molecular complexity index is 257. The van der Waals surface area contributed by atoms with Gasteiger partial charge in [-0.25, -0.2) is 0 Å². The number of anilines is 1. The highest BCUT2D eigenvalue weighted by atomic mass is 35.5. The van der Waals surface area contributed by atoms with Crippen molar-refractivity contribution in [3.8, 4) is 0 Å². The molecule has 2 rings (SSSR count). The van der Waals surface area contributed by atoms with Gasteiger partial charge in [0.25, 0.3) is 0 Å². The lowest BCUT2D eigenvalue weighted by molar-refractivity contribution is 1.39. The van der Waals surface area contributed by atoms with E-state index >= 15 is 0 Å². The molecule has 1 aliphatic heterocycles. The maximum atomic E-state index is 5.61. The summed E-state index contributed by atoms with van der Waals surface area (Å²) in [6.45, 7) is 0. The van der Waals surface area contributed by atoms with Crippen LogP contribution in [0, 0.1) is 0 Å². The Labute approximate surface area is 93.3 Å². The third-order valence-electron chi connectivity index (χ3n) is 1.83. The molecule has 1 aromatic rings. The second-order valence-corrected chi connectivity index (χ2v) is 5.46. The van der Waals surface area contributed by atoms with Crippen molar-refractivity contribution in [3.63, 3.8) is 0 Å². The summed E-state index contributed by atoms with van der Waals surface area (Å²) < 4.78 is 0.644. The van der Waals surface area contributed by atoms with Crippen LogP contribution in [-0.2, 0) is 0 Å². The zero-order valence-corrected chi connectivity index (χ0v) is 9.55. The van der Waals surface area contributed by atoms with E-state index in [2.05, 4.69) is 12.1 Å². The van der Waals surface area contributed by atoms with Crippen LogP contribution in [-0.4, -0.2) is 11.5 Å². The van der Waals surface area contributed by atoms with Gasteiger partial charge in [-0.3, -0.25) is 0 Å². The Morgan fingerprint density at radius 3 is 2.15 bits per heavy atom. The Kier molecular flexibility index (Phi) is 4.29. The van der Waals surface area contributed by atoms with E-state index in [4.69, 9.17) is 5.73 Å². The maximum absolute atomic E-state index is 5.61. The number of hydrogen-bond donors (Lipinski definition) is 1. The lowest BCUT2D eigenvalue weighted by Crippen LogP contribution is -1.87. The monoisotopic (exact) mass is 233 g/mol. The zero-order chi connectivity index (χ0) is 8.39. The molecule has 0 saturated carbocycles. The van der Waals surface area contributed by atoms with Crippen LogP contribution in [0.4, 0.5) is 5.69 Å².